The smallest absolute Gasteiger partial charge is 0.304 e. The maximum atomic E-state index is 11.5. The monoisotopic (exact) mass is 324 g/mol. The molecular formula is C16H31KNO3. The van der Waals surface area contributed by atoms with Crippen molar-refractivity contribution in [3.05, 3.63) is 0 Å². The number of rotatable bonds is 15. The van der Waals surface area contributed by atoms with Gasteiger partial charge in [-0.2, -0.15) is 0 Å². The molecular weight excluding hydrogens is 293 g/mol. The summed E-state index contributed by atoms with van der Waals surface area (Å²) in [6.45, 7) is 2.91. The van der Waals surface area contributed by atoms with Crippen LogP contribution < -0.4 is 5.32 Å². The Bertz CT molecular complexity index is 260. The number of hydrogen-bond acceptors (Lipinski definition) is 3. The predicted octanol–water partition coefficient (Wildman–Crippen LogP) is 3.16. The SMILES string of the molecule is CCCCCCCCCCCC(=O)CNCCC(=O)O.[K]. The molecule has 0 aliphatic rings. The van der Waals surface area contributed by atoms with Crippen molar-refractivity contribution in [1.82, 2.24) is 5.32 Å². The second-order valence-electron chi connectivity index (χ2n) is 5.44. The summed E-state index contributed by atoms with van der Waals surface area (Å²) in [6.07, 6.45) is 12.0. The number of aliphatic carboxylic acids is 1. The van der Waals surface area contributed by atoms with Crippen molar-refractivity contribution in [2.75, 3.05) is 13.1 Å². The van der Waals surface area contributed by atoms with Crippen LogP contribution in [0.1, 0.15) is 77.6 Å². The van der Waals surface area contributed by atoms with Gasteiger partial charge in [0.1, 0.15) is 5.78 Å². The van der Waals surface area contributed by atoms with E-state index >= 15 is 0 Å². The van der Waals surface area contributed by atoms with E-state index in [1.54, 1.807) is 0 Å². The van der Waals surface area contributed by atoms with Crippen molar-refractivity contribution >= 4 is 63.1 Å². The third-order valence-corrected chi connectivity index (χ3v) is 3.40. The number of carbonyl (C=O) groups excluding carboxylic acids is 1. The van der Waals surface area contributed by atoms with Gasteiger partial charge in [0.05, 0.1) is 13.0 Å². The van der Waals surface area contributed by atoms with Gasteiger partial charge < -0.3 is 10.4 Å². The van der Waals surface area contributed by atoms with Gasteiger partial charge in [-0.05, 0) is 6.42 Å². The Morgan fingerprint density at radius 1 is 0.857 bits per heavy atom. The zero-order valence-electron chi connectivity index (χ0n) is 14.0. The summed E-state index contributed by atoms with van der Waals surface area (Å²) in [5.74, 6) is -0.637. The van der Waals surface area contributed by atoms with Crippen LogP contribution in [0.25, 0.3) is 0 Å². The molecule has 0 spiro atoms. The van der Waals surface area contributed by atoms with Gasteiger partial charge in [0.15, 0.2) is 0 Å². The number of ketones is 1. The summed E-state index contributed by atoms with van der Waals surface area (Å²) in [5, 5.41) is 11.3. The molecule has 0 aromatic heterocycles. The minimum Gasteiger partial charge on any atom is -0.481 e. The van der Waals surface area contributed by atoms with E-state index in [1.807, 2.05) is 0 Å². The molecule has 0 atom stereocenters. The summed E-state index contributed by atoms with van der Waals surface area (Å²) >= 11 is 0. The molecule has 0 saturated carbocycles. The predicted molar refractivity (Wildman–Crippen MR) is 87.7 cm³/mol. The van der Waals surface area contributed by atoms with Gasteiger partial charge in [0.2, 0.25) is 0 Å². The van der Waals surface area contributed by atoms with Gasteiger partial charge in [0.25, 0.3) is 0 Å². The van der Waals surface area contributed by atoms with Crippen molar-refractivity contribution in [1.29, 1.82) is 0 Å². The second kappa shape index (κ2) is 18.8. The Morgan fingerprint density at radius 3 is 1.90 bits per heavy atom. The zero-order valence-corrected chi connectivity index (χ0v) is 17.1. The van der Waals surface area contributed by atoms with Gasteiger partial charge in [-0.25, -0.2) is 0 Å². The zero-order chi connectivity index (χ0) is 15.1. The summed E-state index contributed by atoms with van der Waals surface area (Å²) in [4.78, 5) is 21.8. The number of unbranched alkanes of at least 4 members (excludes halogenated alkanes) is 8. The average Bonchev–Trinajstić information content (AvgIpc) is 2.41. The van der Waals surface area contributed by atoms with Gasteiger partial charge >= 0.3 is 5.97 Å². The van der Waals surface area contributed by atoms with Crippen LogP contribution in [-0.2, 0) is 9.59 Å². The van der Waals surface area contributed by atoms with E-state index < -0.39 is 5.97 Å². The van der Waals surface area contributed by atoms with E-state index in [-0.39, 0.29) is 63.6 Å². The molecule has 0 aromatic carbocycles. The van der Waals surface area contributed by atoms with Crippen LogP contribution in [0, 0.1) is 0 Å². The minimum absolute atomic E-state index is 0. The fourth-order valence-corrected chi connectivity index (χ4v) is 2.14. The standard InChI is InChI=1S/C16H31NO3.K/c1-2-3-4-5-6-7-8-9-10-11-15(18)14-17-13-12-16(19)20;/h17H,2-14H2,1H3,(H,19,20);. The third-order valence-electron chi connectivity index (χ3n) is 3.40. The number of carbonyl (C=O) groups is 2. The van der Waals surface area contributed by atoms with Crippen molar-refractivity contribution < 1.29 is 14.7 Å². The molecule has 0 aromatic rings. The summed E-state index contributed by atoms with van der Waals surface area (Å²) in [7, 11) is 0. The van der Waals surface area contributed by atoms with E-state index in [9.17, 15) is 9.59 Å². The Balaban J connectivity index is 0. The molecule has 0 saturated heterocycles. The molecule has 0 unspecified atom stereocenters. The van der Waals surface area contributed by atoms with Gasteiger partial charge in [-0.15, -0.1) is 0 Å². The Kier molecular flexibility index (Phi) is 21.5. The van der Waals surface area contributed by atoms with Crippen LogP contribution >= 0.6 is 0 Å². The van der Waals surface area contributed by atoms with Crippen molar-refractivity contribution in [2.45, 2.75) is 77.6 Å². The topological polar surface area (TPSA) is 66.4 Å². The van der Waals surface area contributed by atoms with Crippen LogP contribution in [0.3, 0.4) is 0 Å². The van der Waals surface area contributed by atoms with E-state index in [1.165, 1.54) is 44.9 Å². The van der Waals surface area contributed by atoms with Crippen LogP contribution in [0.2, 0.25) is 0 Å². The molecule has 21 heavy (non-hydrogen) atoms. The average molecular weight is 325 g/mol. The number of hydrogen-bond donors (Lipinski definition) is 2. The molecule has 0 fully saturated rings. The van der Waals surface area contributed by atoms with Crippen LogP contribution in [0.4, 0.5) is 0 Å². The molecule has 0 aliphatic carbocycles. The molecule has 0 amide bonds. The van der Waals surface area contributed by atoms with E-state index in [0.29, 0.717) is 19.5 Å². The largest absolute Gasteiger partial charge is 0.481 e. The molecule has 5 heteroatoms. The quantitative estimate of drug-likeness (QED) is 0.359. The maximum Gasteiger partial charge on any atom is 0.304 e. The molecule has 2 N–H and O–H groups in total. The summed E-state index contributed by atoms with van der Waals surface area (Å²) in [5.41, 5.74) is 0. The molecule has 0 rings (SSSR count). The number of Topliss-reactive ketones (excluding diaryl/α,β-unsaturated/α-hetero) is 1. The Morgan fingerprint density at radius 2 is 1.38 bits per heavy atom. The second-order valence-corrected chi connectivity index (χ2v) is 5.44. The van der Waals surface area contributed by atoms with Crippen LogP contribution in [0.15, 0.2) is 0 Å². The first-order chi connectivity index (χ1) is 9.66. The molecule has 0 aliphatic heterocycles. The summed E-state index contributed by atoms with van der Waals surface area (Å²) < 4.78 is 0. The molecule has 0 heterocycles. The molecule has 1 radical (unpaired) electrons. The fourth-order valence-electron chi connectivity index (χ4n) is 2.14. The molecule has 119 valence electrons. The van der Waals surface area contributed by atoms with Crippen molar-refractivity contribution in [2.24, 2.45) is 0 Å². The first kappa shape index (κ1) is 24.0. The minimum atomic E-state index is -0.830. The number of carboxylic acids is 1. The van der Waals surface area contributed by atoms with Gasteiger partial charge in [-0.3, -0.25) is 9.59 Å². The first-order valence-corrected chi connectivity index (χ1v) is 8.11. The molecule has 0 bridgehead atoms. The van der Waals surface area contributed by atoms with Crippen LogP contribution in [0.5, 0.6) is 0 Å². The van der Waals surface area contributed by atoms with Gasteiger partial charge in [0, 0.05) is 64.4 Å². The summed E-state index contributed by atoms with van der Waals surface area (Å²) in [6, 6.07) is 0. The van der Waals surface area contributed by atoms with Crippen molar-refractivity contribution in [3.63, 3.8) is 0 Å². The Labute approximate surface area is 172 Å². The van der Waals surface area contributed by atoms with E-state index in [4.69, 9.17) is 5.11 Å². The molecule has 4 nitrogen and oxygen atoms in total. The fraction of sp³-hybridized carbons (Fsp3) is 0.875. The van der Waals surface area contributed by atoms with E-state index in [0.717, 1.165) is 12.8 Å². The third kappa shape index (κ3) is 20.7. The Hall–Kier alpha value is 0.736. The number of nitrogens with one attached hydrogen (secondary N) is 1. The van der Waals surface area contributed by atoms with Crippen LogP contribution in [-0.4, -0.2) is 81.3 Å². The maximum absolute atomic E-state index is 11.5. The van der Waals surface area contributed by atoms with E-state index in [2.05, 4.69) is 12.2 Å². The van der Waals surface area contributed by atoms with Crippen molar-refractivity contribution in [3.8, 4) is 0 Å². The number of carboxylic acid groups (broad SMARTS) is 1. The first-order valence-electron chi connectivity index (χ1n) is 8.11. The van der Waals surface area contributed by atoms with Gasteiger partial charge in [-0.1, -0.05) is 58.3 Å². The normalized spacial score (nSPS) is 10.1.